The van der Waals surface area contributed by atoms with Crippen LogP contribution in [0.5, 0.6) is 0 Å². The van der Waals surface area contributed by atoms with E-state index in [4.69, 9.17) is 9.26 Å². The molecule has 33 heavy (non-hydrogen) atoms. The Morgan fingerprint density at radius 3 is 2.64 bits per heavy atom. The van der Waals surface area contributed by atoms with Crippen LogP contribution in [0.15, 0.2) is 39.5 Å². The van der Waals surface area contributed by atoms with E-state index in [1.807, 2.05) is 45.2 Å². The quantitative estimate of drug-likeness (QED) is 0.423. The number of carbonyl (C=O) groups excluding carboxylic acids is 1. The lowest BCUT2D eigenvalue weighted by Gasteiger charge is -2.32. The van der Waals surface area contributed by atoms with E-state index < -0.39 is 5.60 Å². The van der Waals surface area contributed by atoms with Crippen molar-refractivity contribution in [3.05, 3.63) is 40.6 Å². The lowest BCUT2D eigenvalue weighted by Crippen LogP contribution is -2.41. The molecule has 7 nitrogen and oxygen atoms in total. The minimum absolute atomic E-state index is 0.241. The summed E-state index contributed by atoms with van der Waals surface area (Å²) in [6.07, 6.45) is 3.24. The molecular weight excluding hydrogens is 484 g/mol. The van der Waals surface area contributed by atoms with Crippen molar-refractivity contribution in [1.29, 1.82) is 0 Å². The monoisotopic (exact) mass is 514 g/mol. The van der Waals surface area contributed by atoms with E-state index in [2.05, 4.69) is 51.3 Å². The van der Waals surface area contributed by atoms with Crippen LogP contribution in [0.1, 0.15) is 59.1 Å². The zero-order valence-electron chi connectivity index (χ0n) is 19.8. The molecular formula is C25H31BrN4O3. The minimum atomic E-state index is -0.486. The number of rotatable bonds is 4. The molecule has 1 saturated heterocycles. The molecule has 0 unspecified atom stereocenters. The number of hydrogen-bond donors (Lipinski definition) is 1. The Kier molecular flexibility index (Phi) is 6.66. The summed E-state index contributed by atoms with van der Waals surface area (Å²) in [6, 6.07) is 8.32. The van der Waals surface area contributed by atoms with Crippen LogP contribution >= 0.6 is 15.9 Å². The number of pyridine rings is 1. The van der Waals surface area contributed by atoms with Crippen LogP contribution < -0.4 is 5.32 Å². The highest BCUT2D eigenvalue weighted by atomic mass is 79.9. The predicted octanol–water partition coefficient (Wildman–Crippen LogP) is 6.59. The van der Waals surface area contributed by atoms with Crippen molar-refractivity contribution in [2.75, 3.05) is 18.4 Å². The molecule has 1 fully saturated rings. The summed E-state index contributed by atoms with van der Waals surface area (Å²) >= 11 is 3.57. The van der Waals surface area contributed by atoms with E-state index in [0.29, 0.717) is 18.8 Å². The number of carbonyl (C=O) groups is 1. The summed E-state index contributed by atoms with van der Waals surface area (Å²) in [5, 5.41) is 8.98. The molecule has 1 aromatic carbocycles. The molecule has 1 N–H and O–H groups in total. The number of piperidine rings is 1. The third kappa shape index (κ3) is 5.49. The average Bonchev–Trinajstić information content (AvgIpc) is 3.23. The highest BCUT2D eigenvalue weighted by Gasteiger charge is 2.29. The highest BCUT2D eigenvalue weighted by Crippen LogP contribution is 2.37. The molecule has 8 heteroatoms. The van der Waals surface area contributed by atoms with Crippen LogP contribution in [0.25, 0.3) is 22.2 Å². The Morgan fingerprint density at radius 1 is 1.24 bits per heavy atom. The highest BCUT2D eigenvalue weighted by molar-refractivity contribution is 9.10. The second kappa shape index (κ2) is 9.33. The number of aromatic nitrogens is 2. The van der Waals surface area contributed by atoms with Crippen LogP contribution in [0.3, 0.4) is 0 Å². The number of benzene rings is 1. The molecule has 0 atom stereocenters. The zero-order valence-corrected chi connectivity index (χ0v) is 21.4. The Hall–Kier alpha value is -2.61. The Labute approximate surface area is 203 Å². The number of nitrogens with one attached hydrogen (secondary N) is 1. The fraction of sp³-hybridized carbons (Fsp3) is 0.480. The van der Waals surface area contributed by atoms with Gasteiger partial charge in [0.1, 0.15) is 5.60 Å². The molecule has 1 aliphatic rings. The van der Waals surface area contributed by atoms with Gasteiger partial charge in [-0.2, -0.15) is 0 Å². The third-order valence-corrected chi connectivity index (χ3v) is 6.12. The van der Waals surface area contributed by atoms with Crippen molar-refractivity contribution >= 4 is 38.6 Å². The fourth-order valence-electron chi connectivity index (χ4n) is 4.09. The number of likely N-dealkylation sites (tertiary alicyclic amines) is 1. The minimum Gasteiger partial charge on any atom is -0.444 e. The van der Waals surface area contributed by atoms with Gasteiger partial charge < -0.3 is 19.5 Å². The number of anilines is 1. The summed E-state index contributed by atoms with van der Waals surface area (Å²) in [6.45, 7) is 11.2. The van der Waals surface area contributed by atoms with E-state index in [9.17, 15) is 4.79 Å². The van der Waals surface area contributed by atoms with Gasteiger partial charge in [-0.05, 0) is 65.7 Å². The van der Waals surface area contributed by atoms with Crippen molar-refractivity contribution in [2.45, 2.75) is 65.0 Å². The lowest BCUT2D eigenvalue weighted by atomic mass is 9.93. The number of hydrogen-bond acceptors (Lipinski definition) is 6. The Bertz CT molecular complexity index is 1140. The number of amides is 1. The molecule has 176 valence electrons. The molecule has 3 aromatic rings. The van der Waals surface area contributed by atoms with E-state index in [1.165, 1.54) is 0 Å². The summed E-state index contributed by atoms with van der Waals surface area (Å²) in [5.41, 5.74) is 3.22. The fourth-order valence-corrected chi connectivity index (χ4v) is 4.45. The normalized spacial score (nSPS) is 15.3. The first-order valence-electron chi connectivity index (χ1n) is 11.4. The molecule has 0 saturated carbocycles. The molecule has 4 rings (SSSR count). The van der Waals surface area contributed by atoms with Gasteiger partial charge in [0.25, 0.3) is 0 Å². The molecule has 1 amide bonds. The van der Waals surface area contributed by atoms with E-state index in [-0.39, 0.29) is 18.1 Å². The first-order valence-corrected chi connectivity index (χ1v) is 12.2. The van der Waals surface area contributed by atoms with E-state index in [1.54, 1.807) is 4.90 Å². The van der Waals surface area contributed by atoms with Crippen molar-refractivity contribution in [3.8, 4) is 11.3 Å². The van der Waals surface area contributed by atoms with Gasteiger partial charge in [-0.25, -0.2) is 4.79 Å². The van der Waals surface area contributed by atoms with Crippen molar-refractivity contribution in [1.82, 2.24) is 15.0 Å². The number of halogens is 1. The maximum Gasteiger partial charge on any atom is 0.410 e. The second-order valence-electron chi connectivity index (χ2n) is 9.87. The SMILES string of the molecule is CC(C)Nc1c(-c2cc(C3CCN(C(=O)OC(C)(C)C)CC3)no2)cnc2ccc(Br)cc12. The molecule has 0 spiro atoms. The largest absolute Gasteiger partial charge is 0.444 e. The van der Waals surface area contributed by atoms with Crippen LogP contribution in [-0.2, 0) is 4.74 Å². The van der Waals surface area contributed by atoms with Gasteiger partial charge >= 0.3 is 6.09 Å². The predicted molar refractivity (Wildman–Crippen MR) is 133 cm³/mol. The summed E-state index contributed by atoms with van der Waals surface area (Å²) in [7, 11) is 0. The molecule has 0 radical (unpaired) electrons. The summed E-state index contributed by atoms with van der Waals surface area (Å²) in [4.78, 5) is 18.8. The second-order valence-corrected chi connectivity index (χ2v) is 10.8. The summed E-state index contributed by atoms with van der Waals surface area (Å²) in [5.74, 6) is 0.933. The molecule has 1 aliphatic heterocycles. The number of ether oxygens (including phenoxy) is 1. The molecule has 2 aromatic heterocycles. The van der Waals surface area contributed by atoms with Gasteiger partial charge in [-0.1, -0.05) is 21.1 Å². The smallest absolute Gasteiger partial charge is 0.410 e. The first kappa shape index (κ1) is 23.5. The third-order valence-electron chi connectivity index (χ3n) is 5.62. The van der Waals surface area contributed by atoms with Gasteiger partial charge in [0.2, 0.25) is 0 Å². The number of fused-ring (bicyclic) bond motifs is 1. The Morgan fingerprint density at radius 2 is 1.97 bits per heavy atom. The number of nitrogens with zero attached hydrogens (tertiary/aromatic N) is 3. The van der Waals surface area contributed by atoms with Crippen molar-refractivity contribution in [3.63, 3.8) is 0 Å². The van der Waals surface area contributed by atoms with Crippen molar-refractivity contribution < 1.29 is 14.1 Å². The van der Waals surface area contributed by atoms with Gasteiger partial charge in [0.05, 0.1) is 22.5 Å². The van der Waals surface area contributed by atoms with Crippen LogP contribution in [0.2, 0.25) is 0 Å². The van der Waals surface area contributed by atoms with E-state index >= 15 is 0 Å². The van der Waals surface area contributed by atoms with E-state index in [0.717, 1.165) is 45.2 Å². The van der Waals surface area contributed by atoms with Crippen molar-refractivity contribution in [2.24, 2.45) is 0 Å². The molecule has 0 bridgehead atoms. The zero-order chi connectivity index (χ0) is 23.8. The van der Waals surface area contributed by atoms with Crippen LogP contribution in [-0.4, -0.2) is 45.9 Å². The maximum absolute atomic E-state index is 12.4. The Balaban J connectivity index is 1.55. The van der Waals surface area contributed by atoms with Gasteiger partial charge in [-0.3, -0.25) is 4.98 Å². The molecule has 0 aliphatic carbocycles. The molecule has 3 heterocycles. The first-order chi connectivity index (χ1) is 15.6. The summed E-state index contributed by atoms with van der Waals surface area (Å²) < 4.78 is 12.3. The topological polar surface area (TPSA) is 80.5 Å². The van der Waals surface area contributed by atoms with Gasteiger partial charge in [0, 0.05) is 47.2 Å². The lowest BCUT2D eigenvalue weighted by molar-refractivity contribution is 0.0203. The van der Waals surface area contributed by atoms with Crippen LogP contribution in [0, 0.1) is 0 Å². The van der Waals surface area contributed by atoms with Crippen LogP contribution in [0.4, 0.5) is 10.5 Å². The standard InChI is InChI=1S/C25H31BrN4O3/c1-15(2)28-23-18-12-17(26)6-7-20(18)27-14-19(23)22-13-21(29-33-22)16-8-10-30(11-9-16)24(31)32-25(3,4)5/h6-7,12-16H,8-11H2,1-5H3,(H,27,28). The maximum atomic E-state index is 12.4. The van der Waals surface area contributed by atoms with Gasteiger partial charge in [-0.15, -0.1) is 0 Å². The van der Waals surface area contributed by atoms with Gasteiger partial charge in [0.15, 0.2) is 5.76 Å². The average molecular weight is 515 g/mol.